The van der Waals surface area contributed by atoms with Gasteiger partial charge in [-0.2, -0.15) is 0 Å². The summed E-state index contributed by atoms with van der Waals surface area (Å²) in [6.07, 6.45) is 0.939. The molecule has 2 unspecified atom stereocenters. The van der Waals surface area contributed by atoms with E-state index in [1.54, 1.807) is 18.2 Å². The average molecular weight is 304 g/mol. The second-order valence-electron chi connectivity index (χ2n) is 4.35. The number of sulfonamides is 1. The molecule has 16 heavy (non-hydrogen) atoms. The smallest absolute Gasteiger partial charge is 0.208 e. The number of hydrogen-bond acceptors (Lipinski definition) is 2. The van der Waals surface area contributed by atoms with E-state index < -0.39 is 10.0 Å². The Kier molecular flexibility index (Phi) is 3.11. The second kappa shape index (κ2) is 4.13. The van der Waals surface area contributed by atoms with Crippen molar-refractivity contribution in [3.8, 4) is 0 Å². The lowest BCUT2D eigenvalue weighted by molar-refractivity contribution is 0.578. The molecule has 5 heteroatoms. The van der Waals surface area contributed by atoms with Crippen LogP contribution in [0.25, 0.3) is 0 Å². The highest BCUT2D eigenvalue weighted by Crippen LogP contribution is 2.31. The average Bonchev–Trinajstić information content (AvgIpc) is 2.85. The molecule has 0 spiro atoms. The molecule has 1 aromatic rings. The van der Waals surface area contributed by atoms with E-state index in [0.29, 0.717) is 10.8 Å². The number of halogens is 1. The normalized spacial score (nSPS) is 24.4. The standard InChI is InChI=1S/C11H14BrNO2S/c1-7-5-9(3-4-10(7)12)16(14,15)13-11-6-8(11)2/h3-5,8,11,13H,6H2,1-2H3. The van der Waals surface area contributed by atoms with Crippen LogP contribution in [0.4, 0.5) is 0 Å². The van der Waals surface area contributed by atoms with Crippen molar-refractivity contribution >= 4 is 26.0 Å². The quantitative estimate of drug-likeness (QED) is 0.932. The molecule has 0 amide bonds. The zero-order chi connectivity index (χ0) is 11.9. The summed E-state index contributed by atoms with van der Waals surface area (Å²) in [6, 6.07) is 5.18. The SMILES string of the molecule is Cc1cc(S(=O)(=O)NC2CC2C)ccc1Br. The first-order valence-corrected chi connectivity index (χ1v) is 7.46. The van der Waals surface area contributed by atoms with Gasteiger partial charge in [-0.25, -0.2) is 13.1 Å². The van der Waals surface area contributed by atoms with Crippen molar-refractivity contribution in [1.82, 2.24) is 4.72 Å². The molecule has 0 saturated heterocycles. The lowest BCUT2D eigenvalue weighted by atomic mass is 10.2. The van der Waals surface area contributed by atoms with Crippen molar-refractivity contribution in [3.63, 3.8) is 0 Å². The fourth-order valence-corrected chi connectivity index (χ4v) is 3.23. The minimum absolute atomic E-state index is 0.119. The molecule has 0 heterocycles. The molecule has 0 bridgehead atoms. The number of aryl methyl sites for hydroxylation is 1. The van der Waals surface area contributed by atoms with Crippen molar-refractivity contribution < 1.29 is 8.42 Å². The van der Waals surface area contributed by atoms with Crippen molar-refractivity contribution in [2.75, 3.05) is 0 Å². The second-order valence-corrected chi connectivity index (χ2v) is 6.92. The molecule has 1 aliphatic rings. The van der Waals surface area contributed by atoms with Gasteiger partial charge in [0.25, 0.3) is 0 Å². The fourth-order valence-electron chi connectivity index (χ4n) is 1.54. The first kappa shape index (κ1) is 12.1. The van der Waals surface area contributed by atoms with Gasteiger partial charge in [0.05, 0.1) is 4.90 Å². The highest BCUT2D eigenvalue weighted by Gasteiger charge is 2.36. The van der Waals surface area contributed by atoms with Crippen LogP contribution in [0.5, 0.6) is 0 Å². The molecule has 0 aromatic heterocycles. The Labute approximate surface area is 104 Å². The molecule has 3 nitrogen and oxygen atoms in total. The van der Waals surface area contributed by atoms with Gasteiger partial charge < -0.3 is 0 Å². The number of hydrogen-bond donors (Lipinski definition) is 1. The Morgan fingerprint density at radius 3 is 2.56 bits per heavy atom. The summed E-state index contributed by atoms with van der Waals surface area (Å²) in [5.41, 5.74) is 0.923. The molecule has 88 valence electrons. The van der Waals surface area contributed by atoms with E-state index >= 15 is 0 Å². The highest BCUT2D eigenvalue weighted by atomic mass is 79.9. The van der Waals surface area contributed by atoms with Crippen molar-refractivity contribution in [1.29, 1.82) is 0 Å². The van der Waals surface area contributed by atoms with E-state index in [-0.39, 0.29) is 6.04 Å². The van der Waals surface area contributed by atoms with Crippen LogP contribution in [-0.2, 0) is 10.0 Å². The van der Waals surface area contributed by atoms with Gasteiger partial charge in [0.1, 0.15) is 0 Å². The van der Waals surface area contributed by atoms with Gasteiger partial charge in [-0.1, -0.05) is 22.9 Å². The molecule has 2 atom stereocenters. The maximum absolute atomic E-state index is 12.0. The van der Waals surface area contributed by atoms with Crippen LogP contribution in [0.2, 0.25) is 0 Å². The summed E-state index contributed by atoms with van der Waals surface area (Å²) in [7, 11) is -3.34. The molecule has 0 aliphatic heterocycles. The molecule has 1 fully saturated rings. The Morgan fingerprint density at radius 2 is 2.06 bits per heavy atom. The summed E-state index contributed by atoms with van der Waals surface area (Å²) < 4.78 is 27.6. The van der Waals surface area contributed by atoms with Crippen molar-refractivity contribution in [3.05, 3.63) is 28.2 Å². The van der Waals surface area contributed by atoms with Gasteiger partial charge in [-0.15, -0.1) is 0 Å². The van der Waals surface area contributed by atoms with Crippen LogP contribution in [0.15, 0.2) is 27.6 Å². The minimum Gasteiger partial charge on any atom is -0.208 e. The molecular formula is C11H14BrNO2S. The van der Waals surface area contributed by atoms with E-state index in [4.69, 9.17) is 0 Å². The zero-order valence-electron chi connectivity index (χ0n) is 9.20. The maximum Gasteiger partial charge on any atom is 0.240 e. The summed E-state index contributed by atoms with van der Waals surface area (Å²) in [5.74, 6) is 0.464. The first-order chi connectivity index (χ1) is 7.40. The minimum atomic E-state index is -3.34. The summed E-state index contributed by atoms with van der Waals surface area (Å²) in [6.45, 7) is 3.92. The van der Waals surface area contributed by atoms with Crippen LogP contribution in [0, 0.1) is 12.8 Å². The number of rotatable bonds is 3. The largest absolute Gasteiger partial charge is 0.240 e. The van der Waals surface area contributed by atoms with E-state index in [9.17, 15) is 8.42 Å². The zero-order valence-corrected chi connectivity index (χ0v) is 11.6. The molecule has 0 radical (unpaired) electrons. The predicted octanol–water partition coefficient (Wildman–Crippen LogP) is 2.44. The molecule has 1 aromatic carbocycles. The van der Waals surface area contributed by atoms with Crippen LogP contribution < -0.4 is 4.72 Å². The summed E-state index contributed by atoms with van der Waals surface area (Å²) >= 11 is 3.35. The number of benzene rings is 1. The molecular weight excluding hydrogens is 290 g/mol. The van der Waals surface area contributed by atoms with Crippen molar-refractivity contribution in [2.45, 2.75) is 31.2 Å². The monoisotopic (exact) mass is 303 g/mol. The maximum atomic E-state index is 12.0. The molecule has 1 aliphatic carbocycles. The van der Waals surface area contributed by atoms with E-state index in [1.165, 1.54) is 0 Å². The van der Waals surface area contributed by atoms with Gasteiger partial charge in [0.15, 0.2) is 0 Å². The molecule has 1 saturated carbocycles. The van der Waals surface area contributed by atoms with Gasteiger partial charge in [0, 0.05) is 10.5 Å². The Balaban J connectivity index is 2.25. The number of nitrogens with one attached hydrogen (secondary N) is 1. The lowest BCUT2D eigenvalue weighted by Crippen LogP contribution is -2.26. The molecule has 1 N–H and O–H groups in total. The summed E-state index contributed by atoms with van der Waals surface area (Å²) in [5, 5.41) is 0. The Morgan fingerprint density at radius 1 is 1.44 bits per heavy atom. The van der Waals surface area contributed by atoms with Crippen LogP contribution in [-0.4, -0.2) is 14.5 Å². The lowest BCUT2D eigenvalue weighted by Gasteiger charge is -2.07. The van der Waals surface area contributed by atoms with E-state index in [1.807, 2.05) is 13.8 Å². The third-order valence-corrected chi connectivity index (χ3v) is 5.23. The third-order valence-electron chi connectivity index (χ3n) is 2.86. The van der Waals surface area contributed by atoms with Crippen molar-refractivity contribution in [2.24, 2.45) is 5.92 Å². The van der Waals surface area contributed by atoms with Gasteiger partial charge >= 0.3 is 0 Å². The van der Waals surface area contributed by atoms with E-state index in [0.717, 1.165) is 16.5 Å². The van der Waals surface area contributed by atoms with Crippen LogP contribution in [0.1, 0.15) is 18.9 Å². The summed E-state index contributed by atoms with van der Waals surface area (Å²) in [4.78, 5) is 0.340. The Bertz CT molecular complexity index is 513. The predicted molar refractivity (Wildman–Crippen MR) is 66.8 cm³/mol. The van der Waals surface area contributed by atoms with Crippen LogP contribution >= 0.6 is 15.9 Å². The van der Waals surface area contributed by atoms with Gasteiger partial charge in [0.2, 0.25) is 10.0 Å². The first-order valence-electron chi connectivity index (χ1n) is 5.18. The van der Waals surface area contributed by atoms with E-state index in [2.05, 4.69) is 20.7 Å². The Hall–Kier alpha value is -0.390. The van der Waals surface area contributed by atoms with Gasteiger partial charge in [-0.05, 0) is 43.0 Å². The fraction of sp³-hybridized carbons (Fsp3) is 0.455. The molecule has 2 rings (SSSR count). The topological polar surface area (TPSA) is 46.2 Å². The third kappa shape index (κ3) is 2.47. The van der Waals surface area contributed by atoms with Crippen LogP contribution in [0.3, 0.4) is 0 Å². The van der Waals surface area contributed by atoms with Gasteiger partial charge in [-0.3, -0.25) is 0 Å². The highest BCUT2D eigenvalue weighted by molar-refractivity contribution is 9.10.